The van der Waals surface area contributed by atoms with Crippen molar-refractivity contribution < 1.29 is 4.74 Å². The number of hydrogen-bond acceptors (Lipinski definition) is 4. The van der Waals surface area contributed by atoms with Gasteiger partial charge in [-0.1, -0.05) is 13.8 Å². The first-order valence-electron chi connectivity index (χ1n) is 6.42. The van der Waals surface area contributed by atoms with E-state index >= 15 is 0 Å². The lowest BCUT2D eigenvalue weighted by Crippen LogP contribution is -2.21. The molecule has 0 radical (unpaired) electrons. The minimum Gasteiger partial charge on any atom is -0.381 e. The van der Waals surface area contributed by atoms with Gasteiger partial charge in [-0.3, -0.25) is 0 Å². The first-order chi connectivity index (χ1) is 8.25. The average Bonchev–Trinajstić information content (AvgIpc) is 2.58. The fourth-order valence-corrected chi connectivity index (χ4v) is 1.94. The van der Waals surface area contributed by atoms with E-state index in [1.54, 1.807) is 0 Å². The molecule has 1 aliphatic heterocycles. The van der Waals surface area contributed by atoms with Gasteiger partial charge in [0, 0.05) is 31.6 Å². The summed E-state index contributed by atoms with van der Waals surface area (Å²) >= 11 is 0. The Morgan fingerprint density at radius 3 is 2.71 bits per heavy atom. The normalized spacial score (nSPS) is 21.2. The summed E-state index contributed by atoms with van der Waals surface area (Å²) in [5, 5.41) is 3.38. The van der Waals surface area contributed by atoms with E-state index in [1.807, 2.05) is 12.4 Å². The van der Waals surface area contributed by atoms with E-state index in [2.05, 4.69) is 29.1 Å². The first-order valence-corrected chi connectivity index (χ1v) is 6.42. The minimum atomic E-state index is 0.447. The van der Waals surface area contributed by atoms with Crippen LogP contribution in [0, 0.1) is 0 Å². The molecule has 1 unspecified atom stereocenters. The lowest BCUT2D eigenvalue weighted by Gasteiger charge is -2.15. The van der Waals surface area contributed by atoms with Crippen LogP contribution in [0.25, 0.3) is 0 Å². The van der Waals surface area contributed by atoms with Crippen LogP contribution in [-0.2, 0) is 4.74 Å². The van der Waals surface area contributed by atoms with Gasteiger partial charge in [-0.25, -0.2) is 9.97 Å². The topological polar surface area (TPSA) is 47.0 Å². The van der Waals surface area contributed by atoms with Gasteiger partial charge in [0.15, 0.2) is 0 Å². The summed E-state index contributed by atoms with van der Waals surface area (Å²) in [4.78, 5) is 8.72. The molecule has 0 saturated carbocycles. The number of anilines is 1. The second-order valence-electron chi connectivity index (χ2n) is 4.88. The number of hydrogen-bond donors (Lipinski definition) is 1. The van der Waals surface area contributed by atoms with Crippen LogP contribution in [0.3, 0.4) is 0 Å². The number of aromatic nitrogens is 2. The van der Waals surface area contributed by atoms with Crippen molar-refractivity contribution in [2.75, 3.05) is 18.5 Å². The standard InChI is InChI=1S/C13H21N3O/c1-10(2)11-8-14-13(15-9-11)16-12-4-3-6-17-7-5-12/h8-10,12H,3-7H2,1-2H3,(H,14,15,16). The van der Waals surface area contributed by atoms with Crippen LogP contribution in [0.5, 0.6) is 0 Å². The quantitative estimate of drug-likeness (QED) is 0.874. The van der Waals surface area contributed by atoms with Crippen LogP contribution in [0.15, 0.2) is 12.4 Å². The Labute approximate surface area is 103 Å². The molecule has 1 aliphatic rings. The maximum absolute atomic E-state index is 5.43. The van der Waals surface area contributed by atoms with Gasteiger partial charge in [0.1, 0.15) is 0 Å². The van der Waals surface area contributed by atoms with E-state index in [9.17, 15) is 0 Å². The minimum absolute atomic E-state index is 0.447. The van der Waals surface area contributed by atoms with Crippen LogP contribution in [0.2, 0.25) is 0 Å². The van der Waals surface area contributed by atoms with Crippen LogP contribution in [0.4, 0.5) is 5.95 Å². The SMILES string of the molecule is CC(C)c1cnc(NC2CCCOCC2)nc1. The van der Waals surface area contributed by atoms with E-state index in [0.717, 1.165) is 38.4 Å². The van der Waals surface area contributed by atoms with E-state index in [0.29, 0.717) is 12.0 Å². The van der Waals surface area contributed by atoms with Gasteiger partial charge in [0.2, 0.25) is 5.95 Å². The highest BCUT2D eigenvalue weighted by Crippen LogP contribution is 2.15. The van der Waals surface area contributed by atoms with Gasteiger partial charge >= 0.3 is 0 Å². The number of nitrogens with one attached hydrogen (secondary N) is 1. The third kappa shape index (κ3) is 3.66. The van der Waals surface area contributed by atoms with Crippen molar-refractivity contribution in [1.29, 1.82) is 0 Å². The molecule has 4 heteroatoms. The largest absolute Gasteiger partial charge is 0.381 e. The van der Waals surface area contributed by atoms with Crippen LogP contribution in [-0.4, -0.2) is 29.2 Å². The fourth-order valence-electron chi connectivity index (χ4n) is 1.94. The van der Waals surface area contributed by atoms with Crippen molar-refractivity contribution >= 4 is 5.95 Å². The molecular weight excluding hydrogens is 214 g/mol. The summed E-state index contributed by atoms with van der Waals surface area (Å²) in [5.41, 5.74) is 1.18. The van der Waals surface area contributed by atoms with E-state index < -0.39 is 0 Å². The van der Waals surface area contributed by atoms with Crippen molar-refractivity contribution in [3.63, 3.8) is 0 Å². The maximum atomic E-state index is 5.43. The molecule has 1 aromatic rings. The summed E-state index contributed by atoms with van der Waals surface area (Å²) in [6.07, 6.45) is 7.10. The van der Waals surface area contributed by atoms with E-state index in [1.165, 1.54) is 5.56 Å². The van der Waals surface area contributed by atoms with Crippen molar-refractivity contribution in [3.05, 3.63) is 18.0 Å². The molecule has 1 saturated heterocycles. The Kier molecular flexibility index (Phi) is 4.31. The first kappa shape index (κ1) is 12.3. The summed E-state index contributed by atoms with van der Waals surface area (Å²) in [7, 11) is 0. The Morgan fingerprint density at radius 1 is 1.24 bits per heavy atom. The number of ether oxygens (including phenoxy) is 1. The Hall–Kier alpha value is -1.16. The molecule has 0 amide bonds. The van der Waals surface area contributed by atoms with Gasteiger partial charge in [-0.15, -0.1) is 0 Å². The van der Waals surface area contributed by atoms with Crippen LogP contribution >= 0.6 is 0 Å². The second kappa shape index (κ2) is 5.96. The highest BCUT2D eigenvalue weighted by Gasteiger charge is 2.13. The summed E-state index contributed by atoms with van der Waals surface area (Å²) < 4.78 is 5.43. The Balaban J connectivity index is 1.93. The summed E-state index contributed by atoms with van der Waals surface area (Å²) in [6.45, 7) is 6.01. The molecule has 1 aromatic heterocycles. The third-order valence-electron chi connectivity index (χ3n) is 3.12. The molecule has 0 bridgehead atoms. The van der Waals surface area contributed by atoms with Gasteiger partial charge in [0.05, 0.1) is 0 Å². The van der Waals surface area contributed by atoms with Gasteiger partial charge in [0.25, 0.3) is 0 Å². The highest BCUT2D eigenvalue weighted by atomic mass is 16.5. The molecule has 17 heavy (non-hydrogen) atoms. The van der Waals surface area contributed by atoms with Crippen molar-refractivity contribution in [2.24, 2.45) is 0 Å². The molecule has 0 spiro atoms. The molecule has 2 rings (SSSR count). The van der Waals surface area contributed by atoms with Crippen molar-refractivity contribution in [2.45, 2.75) is 45.1 Å². The number of rotatable bonds is 3. The highest BCUT2D eigenvalue weighted by molar-refractivity contribution is 5.27. The van der Waals surface area contributed by atoms with E-state index in [-0.39, 0.29) is 0 Å². The van der Waals surface area contributed by atoms with Gasteiger partial charge in [-0.2, -0.15) is 0 Å². The summed E-state index contributed by atoms with van der Waals surface area (Å²) in [6, 6.07) is 0.447. The third-order valence-corrected chi connectivity index (χ3v) is 3.12. The average molecular weight is 235 g/mol. The smallest absolute Gasteiger partial charge is 0.222 e. The lowest BCUT2D eigenvalue weighted by atomic mass is 10.1. The molecule has 1 N–H and O–H groups in total. The zero-order valence-electron chi connectivity index (χ0n) is 10.6. The summed E-state index contributed by atoms with van der Waals surface area (Å²) in [5.74, 6) is 1.22. The van der Waals surface area contributed by atoms with Crippen LogP contribution in [0.1, 0.15) is 44.6 Å². The lowest BCUT2D eigenvalue weighted by molar-refractivity contribution is 0.144. The Bertz CT molecular complexity index is 329. The van der Waals surface area contributed by atoms with Gasteiger partial charge < -0.3 is 10.1 Å². The zero-order valence-corrected chi connectivity index (χ0v) is 10.6. The number of nitrogens with zero attached hydrogens (tertiary/aromatic N) is 2. The van der Waals surface area contributed by atoms with Crippen molar-refractivity contribution in [1.82, 2.24) is 9.97 Å². The van der Waals surface area contributed by atoms with E-state index in [4.69, 9.17) is 4.74 Å². The predicted molar refractivity (Wildman–Crippen MR) is 68.2 cm³/mol. The fraction of sp³-hybridized carbons (Fsp3) is 0.692. The second-order valence-corrected chi connectivity index (χ2v) is 4.88. The maximum Gasteiger partial charge on any atom is 0.222 e. The molecule has 1 fully saturated rings. The molecule has 0 aromatic carbocycles. The van der Waals surface area contributed by atoms with Gasteiger partial charge in [-0.05, 0) is 30.7 Å². The molecule has 4 nitrogen and oxygen atoms in total. The Morgan fingerprint density at radius 2 is 2.00 bits per heavy atom. The predicted octanol–water partition coefficient (Wildman–Crippen LogP) is 2.58. The molecule has 1 atom stereocenters. The molecule has 0 aliphatic carbocycles. The monoisotopic (exact) mass is 235 g/mol. The molecule has 2 heterocycles. The van der Waals surface area contributed by atoms with Crippen LogP contribution < -0.4 is 5.32 Å². The zero-order chi connectivity index (χ0) is 12.1. The van der Waals surface area contributed by atoms with Crippen molar-refractivity contribution in [3.8, 4) is 0 Å². The molecular formula is C13H21N3O. The molecule has 94 valence electrons.